The normalized spacial score (nSPS) is 13.4. The average molecular weight is 268 g/mol. The van der Waals surface area contributed by atoms with Gasteiger partial charge in [-0.1, -0.05) is 13.8 Å². The van der Waals surface area contributed by atoms with E-state index in [1.165, 1.54) is 0 Å². The van der Waals surface area contributed by atoms with Crippen molar-refractivity contribution in [1.29, 1.82) is 0 Å². The molecule has 5 heteroatoms. The van der Waals surface area contributed by atoms with Crippen molar-refractivity contribution in [2.24, 2.45) is 12.8 Å². The van der Waals surface area contributed by atoms with E-state index in [0.29, 0.717) is 6.04 Å². The first-order chi connectivity index (χ1) is 9.12. The second kappa shape index (κ2) is 8.30. The molecule has 19 heavy (non-hydrogen) atoms. The fourth-order valence-electron chi connectivity index (χ4n) is 2.43. The lowest BCUT2D eigenvalue weighted by Crippen LogP contribution is -2.41. The van der Waals surface area contributed by atoms with E-state index in [2.05, 4.69) is 23.8 Å². The number of ether oxygens (including phenoxy) is 1. The molecule has 1 aromatic heterocycles. The number of rotatable bonds is 9. The van der Waals surface area contributed by atoms with Crippen LogP contribution >= 0.6 is 0 Å². The number of nitrogens with zero attached hydrogens (tertiary/aromatic N) is 3. The summed E-state index contributed by atoms with van der Waals surface area (Å²) in [6, 6.07) is 0.573. The van der Waals surface area contributed by atoms with Gasteiger partial charge >= 0.3 is 0 Å². The van der Waals surface area contributed by atoms with Crippen molar-refractivity contribution in [2.45, 2.75) is 38.8 Å². The summed E-state index contributed by atoms with van der Waals surface area (Å²) in [7, 11) is 3.66. The van der Waals surface area contributed by atoms with E-state index >= 15 is 0 Å². The van der Waals surface area contributed by atoms with Crippen LogP contribution in [0.1, 0.15) is 38.3 Å². The molecule has 5 nitrogen and oxygen atoms in total. The van der Waals surface area contributed by atoms with Gasteiger partial charge in [0.2, 0.25) is 0 Å². The van der Waals surface area contributed by atoms with Crippen molar-refractivity contribution in [1.82, 2.24) is 14.7 Å². The third-order valence-corrected chi connectivity index (χ3v) is 3.63. The molecule has 2 N–H and O–H groups in total. The molecule has 0 spiro atoms. The van der Waals surface area contributed by atoms with Gasteiger partial charge in [0.25, 0.3) is 0 Å². The maximum Gasteiger partial charge on any atom is 0.0589 e. The number of aromatic nitrogens is 2. The van der Waals surface area contributed by atoms with Crippen LogP contribution in [0.25, 0.3) is 0 Å². The molecule has 0 aromatic carbocycles. The predicted octanol–water partition coefficient (Wildman–Crippen LogP) is 1.56. The molecule has 0 radical (unpaired) electrons. The average Bonchev–Trinajstić information content (AvgIpc) is 2.83. The lowest BCUT2D eigenvalue weighted by molar-refractivity contribution is 0.110. The van der Waals surface area contributed by atoms with Crippen LogP contribution in [0.4, 0.5) is 0 Å². The molecular formula is C14H28N4O. The van der Waals surface area contributed by atoms with Crippen LogP contribution in [-0.4, -0.2) is 47.5 Å². The smallest absolute Gasteiger partial charge is 0.0589 e. The van der Waals surface area contributed by atoms with Gasteiger partial charge in [0.15, 0.2) is 0 Å². The standard InChI is InChI=1S/C14H28N4O/c1-5-13(6-2)18(7-8-19-4)11-14(15)12-9-16-17(3)10-12/h9-10,13-14H,5-8,11,15H2,1-4H3. The molecule has 0 saturated carbocycles. The fraction of sp³-hybridized carbons (Fsp3) is 0.786. The number of methoxy groups -OCH3 is 1. The van der Waals surface area contributed by atoms with E-state index in [-0.39, 0.29) is 6.04 Å². The Kier molecular flexibility index (Phi) is 7.05. The summed E-state index contributed by atoms with van der Waals surface area (Å²) < 4.78 is 7.00. The topological polar surface area (TPSA) is 56.3 Å². The molecule has 0 fully saturated rings. The van der Waals surface area contributed by atoms with E-state index < -0.39 is 0 Å². The van der Waals surface area contributed by atoms with Crippen LogP contribution < -0.4 is 5.73 Å². The second-order valence-electron chi connectivity index (χ2n) is 5.01. The van der Waals surface area contributed by atoms with Crippen LogP contribution in [0.5, 0.6) is 0 Å². The molecule has 0 amide bonds. The van der Waals surface area contributed by atoms with Crippen LogP contribution in [0.3, 0.4) is 0 Å². The summed E-state index contributed by atoms with van der Waals surface area (Å²) in [5.41, 5.74) is 7.39. The number of hydrogen-bond acceptors (Lipinski definition) is 4. The zero-order valence-corrected chi connectivity index (χ0v) is 12.7. The Balaban J connectivity index is 2.64. The molecule has 1 atom stereocenters. The van der Waals surface area contributed by atoms with Gasteiger partial charge in [0.1, 0.15) is 0 Å². The first-order valence-corrected chi connectivity index (χ1v) is 7.09. The van der Waals surface area contributed by atoms with E-state index in [1.807, 2.05) is 19.4 Å². The van der Waals surface area contributed by atoms with E-state index in [9.17, 15) is 0 Å². The van der Waals surface area contributed by atoms with Crippen molar-refractivity contribution in [2.75, 3.05) is 26.8 Å². The Morgan fingerprint density at radius 3 is 2.58 bits per heavy atom. The maximum absolute atomic E-state index is 6.29. The van der Waals surface area contributed by atoms with E-state index in [4.69, 9.17) is 10.5 Å². The van der Waals surface area contributed by atoms with Crippen molar-refractivity contribution in [3.8, 4) is 0 Å². The minimum absolute atomic E-state index is 0.00570. The van der Waals surface area contributed by atoms with E-state index in [0.717, 1.165) is 38.1 Å². The number of hydrogen-bond donors (Lipinski definition) is 1. The van der Waals surface area contributed by atoms with E-state index in [1.54, 1.807) is 11.8 Å². The summed E-state index contributed by atoms with van der Waals surface area (Å²) in [6.45, 7) is 6.97. The van der Waals surface area contributed by atoms with Gasteiger partial charge in [-0.05, 0) is 12.8 Å². The Labute approximate surface area is 116 Å². The molecule has 1 rings (SSSR count). The summed E-state index contributed by atoms with van der Waals surface area (Å²) in [5.74, 6) is 0. The monoisotopic (exact) mass is 268 g/mol. The fourth-order valence-corrected chi connectivity index (χ4v) is 2.43. The molecule has 110 valence electrons. The SMILES string of the molecule is CCC(CC)N(CCOC)CC(N)c1cnn(C)c1. The zero-order valence-electron chi connectivity index (χ0n) is 12.7. The molecular weight excluding hydrogens is 240 g/mol. The Morgan fingerprint density at radius 1 is 1.42 bits per heavy atom. The summed E-state index contributed by atoms with van der Waals surface area (Å²) >= 11 is 0. The lowest BCUT2D eigenvalue weighted by atomic mass is 10.1. The van der Waals surface area contributed by atoms with Crippen LogP contribution in [0.2, 0.25) is 0 Å². The van der Waals surface area contributed by atoms with Crippen molar-refractivity contribution in [3.05, 3.63) is 18.0 Å². The summed E-state index contributed by atoms with van der Waals surface area (Å²) in [5, 5.41) is 4.19. The zero-order chi connectivity index (χ0) is 14.3. The van der Waals surface area contributed by atoms with Gasteiger partial charge in [-0.3, -0.25) is 9.58 Å². The first kappa shape index (κ1) is 16.1. The highest BCUT2D eigenvalue weighted by atomic mass is 16.5. The van der Waals surface area contributed by atoms with Crippen molar-refractivity contribution in [3.63, 3.8) is 0 Å². The van der Waals surface area contributed by atoms with Crippen LogP contribution in [0.15, 0.2) is 12.4 Å². The summed E-state index contributed by atoms with van der Waals surface area (Å²) in [4.78, 5) is 2.43. The second-order valence-corrected chi connectivity index (χ2v) is 5.01. The third kappa shape index (κ3) is 4.93. The lowest BCUT2D eigenvalue weighted by Gasteiger charge is -2.32. The first-order valence-electron chi connectivity index (χ1n) is 7.09. The van der Waals surface area contributed by atoms with Gasteiger partial charge in [0.05, 0.1) is 12.8 Å². The van der Waals surface area contributed by atoms with Crippen molar-refractivity contribution >= 4 is 0 Å². The molecule has 1 aromatic rings. The Bertz CT molecular complexity index is 349. The van der Waals surface area contributed by atoms with Crippen molar-refractivity contribution < 1.29 is 4.74 Å². The molecule has 1 unspecified atom stereocenters. The Morgan fingerprint density at radius 2 is 2.11 bits per heavy atom. The number of nitrogens with two attached hydrogens (primary N) is 1. The largest absolute Gasteiger partial charge is 0.383 e. The van der Waals surface area contributed by atoms with Gasteiger partial charge < -0.3 is 10.5 Å². The third-order valence-electron chi connectivity index (χ3n) is 3.63. The summed E-state index contributed by atoms with van der Waals surface area (Å²) in [6.07, 6.45) is 6.12. The molecule has 0 saturated heterocycles. The highest BCUT2D eigenvalue weighted by Crippen LogP contribution is 2.15. The van der Waals surface area contributed by atoms with Crippen LogP contribution in [-0.2, 0) is 11.8 Å². The highest BCUT2D eigenvalue weighted by molar-refractivity contribution is 5.10. The van der Waals surface area contributed by atoms with Crippen LogP contribution in [0, 0.1) is 0 Å². The van der Waals surface area contributed by atoms with Gasteiger partial charge in [-0.25, -0.2) is 0 Å². The minimum Gasteiger partial charge on any atom is -0.383 e. The number of aryl methyl sites for hydroxylation is 1. The molecule has 0 aliphatic heterocycles. The van der Waals surface area contributed by atoms with Gasteiger partial charge in [0, 0.05) is 51.1 Å². The highest BCUT2D eigenvalue weighted by Gasteiger charge is 2.19. The quantitative estimate of drug-likeness (QED) is 0.738. The molecule has 0 aliphatic rings. The predicted molar refractivity (Wildman–Crippen MR) is 78.0 cm³/mol. The molecule has 0 aliphatic carbocycles. The molecule has 0 bridgehead atoms. The minimum atomic E-state index is 0.00570. The van der Waals surface area contributed by atoms with Gasteiger partial charge in [-0.15, -0.1) is 0 Å². The van der Waals surface area contributed by atoms with Gasteiger partial charge in [-0.2, -0.15) is 5.10 Å². The Hall–Kier alpha value is -0.910. The molecule has 1 heterocycles. The maximum atomic E-state index is 6.29.